The van der Waals surface area contributed by atoms with Gasteiger partial charge in [0.25, 0.3) is 0 Å². The van der Waals surface area contributed by atoms with E-state index in [0.717, 1.165) is 6.08 Å². The summed E-state index contributed by atoms with van der Waals surface area (Å²) in [5.41, 5.74) is 0. The molecule has 11 heavy (non-hydrogen) atoms. The molecule has 0 aromatic heterocycles. The zero-order chi connectivity index (χ0) is 8.69. The summed E-state index contributed by atoms with van der Waals surface area (Å²) in [5.74, 6) is -0.462. The Kier molecular flexibility index (Phi) is 4.58. The maximum absolute atomic E-state index is 10.4. The summed E-state index contributed by atoms with van der Waals surface area (Å²) >= 11 is 0. The first-order valence-corrected chi connectivity index (χ1v) is 3.10. The van der Waals surface area contributed by atoms with Crippen molar-refractivity contribution in [3.63, 3.8) is 0 Å². The Morgan fingerprint density at radius 3 is 3.00 bits per heavy atom. The van der Waals surface area contributed by atoms with Crippen LogP contribution in [-0.2, 0) is 9.53 Å². The van der Waals surface area contributed by atoms with Crippen molar-refractivity contribution in [2.75, 3.05) is 20.2 Å². The van der Waals surface area contributed by atoms with Gasteiger partial charge in [-0.3, -0.25) is 0 Å². The molecule has 0 heterocycles. The number of nitriles is 1. The maximum Gasteiger partial charge on any atom is 0.330 e. The highest BCUT2D eigenvalue weighted by Gasteiger charge is 1.96. The van der Waals surface area contributed by atoms with Crippen molar-refractivity contribution in [1.29, 1.82) is 5.26 Å². The molecule has 0 aliphatic rings. The van der Waals surface area contributed by atoms with Gasteiger partial charge in [0.1, 0.15) is 6.61 Å². The highest BCUT2D eigenvalue weighted by Crippen LogP contribution is 1.82. The molecular weight excluding hydrogens is 144 g/mol. The van der Waals surface area contributed by atoms with E-state index >= 15 is 0 Å². The molecule has 0 atom stereocenters. The van der Waals surface area contributed by atoms with Crippen molar-refractivity contribution in [2.24, 2.45) is 0 Å². The number of carbonyl (C=O) groups excluding carboxylic acids is 1. The fourth-order valence-electron chi connectivity index (χ4n) is 0.392. The molecule has 0 rings (SSSR count). The Morgan fingerprint density at radius 2 is 2.55 bits per heavy atom. The molecule has 4 nitrogen and oxygen atoms in total. The van der Waals surface area contributed by atoms with E-state index in [1.807, 2.05) is 6.19 Å². The zero-order valence-corrected chi connectivity index (χ0v) is 6.41. The number of carbonyl (C=O) groups is 1. The van der Waals surface area contributed by atoms with Crippen LogP contribution in [0.3, 0.4) is 0 Å². The summed E-state index contributed by atoms with van der Waals surface area (Å²) in [6, 6.07) is 0. The third kappa shape index (κ3) is 4.97. The van der Waals surface area contributed by atoms with Crippen molar-refractivity contribution in [1.82, 2.24) is 4.90 Å². The average molecular weight is 154 g/mol. The van der Waals surface area contributed by atoms with Gasteiger partial charge in [0, 0.05) is 13.1 Å². The number of likely N-dealkylation sites (N-methyl/N-ethyl adjacent to an activating group) is 1. The molecule has 0 fully saturated rings. The van der Waals surface area contributed by atoms with E-state index in [2.05, 4.69) is 11.3 Å². The molecule has 60 valence electrons. The van der Waals surface area contributed by atoms with E-state index in [-0.39, 0.29) is 6.61 Å². The maximum atomic E-state index is 10.4. The summed E-state index contributed by atoms with van der Waals surface area (Å²) in [6.45, 7) is 3.86. The second-order valence-corrected chi connectivity index (χ2v) is 1.89. The van der Waals surface area contributed by atoms with Gasteiger partial charge >= 0.3 is 5.97 Å². The van der Waals surface area contributed by atoms with Crippen LogP contribution in [0.2, 0.25) is 0 Å². The number of nitrogens with zero attached hydrogens (tertiary/aromatic N) is 2. The number of hydrogen-bond acceptors (Lipinski definition) is 4. The first-order valence-electron chi connectivity index (χ1n) is 3.10. The molecule has 0 aliphatic carbocycles. The van der Waals surface area contributed by atoms with Gasteiger partial charge in [0.05, 0.1) is 6.54 Å². The van der Waals surface area contributed by atoms with Gasteiger partial charge in [0.2, 0.25) is 0 Å². The summed E-state index contributed by atoms with van der Waals surface area (Å²) in [7, 11) is 1.61. The van der Waals surface area contributed by atoms with E-state index < -0.39 is 5.97 Å². The predicted molar refractivity (Wildman–Crippen MR) is 39.4 cm³/mol. The number of rotatable bonds is 4. The highest BCUT2D eigenvalue weighted by molar-refractivity contribution is 5.81. The van der Waals surface area contributed by atoms with Crippen molar-refractivity contribution >= 4 is 5.97 Å². The van der Waals surface area contributed by atoms with Crippen molar-refractivity contribution in [3.8, 4) is 6.19 Å². The van der Waals surface area contributed by atoms with Crippen LogP contribution >= 0.6 is 0 Å². The second-order valence-electron chi connectivity index (χ2n) is 1.89. The van der Waals surface area contributed by atoms with Crippen LogP contribution in [0.25, 0.3) is 0 Å². The summed E-state index contributed by atoms with van der Waals surface area (Å²) in [5, 5.41) is 8.27. The van der Waals surface area contributed by atoms with E-state index in [0.29, 0.717) is 6.54 Å². The third-order valence-electron chi connectivity index (χ3n) is 1.01. The largest absolute Gasteiger partial charge is 0.461 e. The quantitative estimate of drug-likeness (QED) is 0.250. The highest BCUT2D eigenvalue weighted by atomic mass is 16.5. The standard InChI is InChI=1S/C7H10N2O2/c1-3-7(10)11-5-4-9(2)6-8/h3H,1,4-5H2,2H3. The second kappa shape index (κ2) is 5.30. The van der Waals surface area contributed by atoms with Gasteiger partial charge in [-0.15, -0.1) is 0 Å². The fraction of sp³-hybridized carbons (Fsp3) is 0.429. The molecule has 0 N–H and O–H groups in total. The van der Waals surface area contributed by atoms with E-state index in [4.69, 9.17) is 5.26 Å². The van der Waals surface area contributed by atoms with Gasteiger partial charge < -0.3 is 9.64 Å². The molecule has 0 bridgehead atoms. The smallest absolute Gasteiger partial charge is 0.330 e. The first-order chi connectivity index (χ1) is 5.20. The molecule has 0 amide bonds. The van der Waals surface area contributed by atoms with Gasteiger partial charge in [-0.25, -0.2) is 4.79 Å². The first kappa shape index (κ1) is 9.50. The Bertz CT molecular complexity index is 183. The van der Waals surface area contributed by atoms with Gasteiger partial charge in [-0.1, -0.05) is 6.58 Å². The Labute approximate surface area is 65.7 Å². The topological polar surface area (TPSA) is 53.3 Å². The minimum Gasteiger partial charge on any atom is -0.461 e. The van der Waals surface area contributed by atoms with E-state index in [1.54, 1.807) is 7.05 Å². The predicted octanol–water partition coefficient (Wildman–Crippen LogP) is 0.128. The van der Waals surface area contributed by atoms with Crippen LogP contribution in [0, 0.1) is 11.5 Å². The third-order valence-corrected chi connectivity index (χ3v) is 1.01. The molecule has 0 saturated carbocycles. The normalized spacial score (nSPS) is 8.00. The van der Waals surface area contributed by atoms with Crippen LogP contribution in [0.4, 0.5) is 0 Å². The number of hydrogen-bond donors (Lipinski definition) is 0. The van der Waals surface area contributed by atoms with E-state index in [9.17, 15) is 4.79 Å². The Balaban J connectivity index is 3.36. The van der Waals surface area contributed by atoms with Crippen LogP contribution in [0.5, 0.6) is 0 Å². The van der Waals surface area contributed by atoms with Gasteiger partial charge in [-0.05, 0) is 0 Å². The number of ether oxygens (including phenoxy) is 1. The van der Waals surface area contributed by atoms with E-state index in [1.165, 1.54) is 4.90 Å². The SMILES string of the molecule is C=CC(=O)OCCN(C)C#N. The van der Waals surface area contributed by atoms with Crippen LogP contribution in [0.15, 0.2) is 12.7 Å². The fourth-order valence-corrected chi connectivity index (χ4v) is 0.392. The van der Waals surface area contributed by atoms with Gasteiger partial charge in [-0.2, -0.15) is 5.26 Å². The number of esters is 1. The lowest BCUT2D eigenvalue weighted by Gasteiger charge is -2.07. The zero-order valence-electron chi connectivity index (χ0n) is 6.41. The van der Waals surface area contributed by atoms with Crippen molar-refractivity contribution < 1.29 is 9.53 Å². The minimum absolute atomic E-state index is 0.217. The summed E-state index contributed by atoms with van der Waals surface area (Å²) in [4.78, 5) is 11.8. The molecule has 0 saturated heterocycles. The molecular formula is C7H10N2O2. The molecule has 0 radical (unpaired) electrons. The lowest BCUT2D eigenvalue weighted by Crippen LogP contribution is -2.18. The summed E-state index contributed by atoms with van der Waals surface area (Å²) < 4.78 is 4.61. The molecule has 0 spiro atoms. The Hall–Kier alpha value is -1.50. The Morgan fingerprint density at radius 1 is 1.91 bits per heavy atom. The molecule has 0 unspecified atom stereocenters. The monoisotopic (exact) mass is 154 g/mol. The van der Waals surface area contributed by atoms with Crippen LogP contribution in [0.1, 0.15) is 0 Å². The average Bonchev–Trinajstić information content (AvgIpc) is 2.04. The van der Waals surface area contributed by atoms with Crippen LogP contribution < -0.4 is 0 Å². The van der Waals surface area contributed by atoms with Gasteiger partial charge in [0.15, 0.2) is 6.19 Å². The van der Waals surface area contributed by atoms with Crippen molar-refractivity contribution in [2.45, 2.75) is 0 Å². The molecule has 4 heteroatoms. The van der Waals surface area contributed by atoms with Crippen LogP contribution in [-0.4, -0.2) is 31.1 Å². The lowest BCUT2D eigenvalue weighted by atomic mass is 10.6. The minimum atomic E-state index is -0.462. The summed E-state index contributed by atoms with van der Waals surface area (Å²) in [6.07, 6.45) is 2.96. The molecule has 0 aromatic carbocycles. The lowest BCUT2D eigenvalue weighted by molar-refractivity contribution is -0.137. The molecule has 0 aliphatic heterocycles. The van der Waals surface area contributed by atoms with Crippen molar-refractivity contribution in [3.05, 3.63) is 12.7 Å². The molecule has 0 aromatic rings.